The first-order valence-corrected chi connectivity index (χ1v) is 10.4. The van der Waals surface area contributed by atoms with Gasteiger partial charge in [0, 0.05) is 10.3 Å². The molecule has 1 heterocycles. The fraction of sp³-hybridized carbons (Fsp3) is 0.286. The Labute approximate surface area is 173 Å². The molecule has 1 amide bonds. The average Bonchev–Trinajstić information content (AvgIpc) is 2.66. The Morgan fingerprint density at radius 1 is 1.18 bits per heavy atom. The van der Waals surface area contributed by atoms with E-state index in [0.717, 1.165) is 5.56 Å². The molecule has 1 unspecified atom stereocenters. The molecule has 1 aromatic heterocycles. The topological polar surface area (TPSA) is 64.0 Å². The molecule has 0 fully saturated rings. The lowest BCUT2D eigenvalue weighted by Crippen LogP contribution is -2.37. The number of thioether (sulfide) groups is 1. The maximum Gasteiger partial charge on any atom is 0.281 e. The second-order valence-electron chi connectivity index (χ2n) is 6.71. The van der Waals surface area contributed by atoms with Crippen molar-refractivity contribution >= 4 is 40.2 Å². The quantitative estimate of drug-likeness (QED) is 0.463. The molecule has 7 heteroatoms. The van der Waals surface area contributed by atoms with Gasteiger partial charge in [0.25, 0.3) is 5.56 Å². The van der Waals surface area contributed by atoms with E-state index in [9.17, 15) is 9.59 Å². The summed E-state index contributed by atoms with van der Waals surface area (Å²) in [5.74, 6) is -0.651. The summed E-state index contributed by atoms with van der Waals surface area (Å²) in [5, 5.41) is 1.76. The number of nitrogens with one attached hydrogen (secondary N) is 1. The first-order chi connectivity index (χ1) is 13.4. The van der Waals surface area contributed by atoms with Gasteiger partial charge in [-0.25, -0.2) is 4.98 Å². The SMILES string of the molecule is CCC(C(=O)Nn1c(SC(C)C)nc2ccccc2c1=O)c1ccc(Cl)cc1. The Hall–Kier alpha value is -2.31. The number of para-hydroxylation sites is 1. The van der Waals surface area contributed by atoms with E-state index in [1.807, 2.05) is 39.0 Å². The highest BCUT2D eigenvalue weighted by atomic mass is 35.5. The van der Waals surface area contributed by atoms with Crippen LogP contribution in [-0.4, -0.2) is 20.8 Å². The van der Waals surface area contributed by atoms with E-state index >= 15 is 0 Å². The van der Waals surface area contributed by atoms with Crippen LogP contribution < -0.4 is 11.0 Å². The molecule has 1 atom stereocenters. The predicted octanol–water partition coefficient (Wildman–Crippen LogP) is 4.81. The number of nitrogens with zero attached hydrogens (tertiary/aromatic N) is 2. The molecule has 1 N–H and O–H groups in total. The Kier molecular flexibility index (Phi) is 6.42. The molecule has 5 nitrogen and oxygen atoms in total. The van der Waals surface area contributed by atoms with Crippen LogP contribution in [0.1, 0.15) is 38.7 Å². The Balaban J connectivity index is 2.01. The number of fused-ring (bicyclic) bond motifs is 1. The molecular weight excluding hydrogens is 394 g/mol. The molecule has 0 saturated heterocycles. The summed E-state index contributed by atoms with van der Waals surface area (Å²) < 4.78 is 1.27. The molecule has 28 heavy (non-hydrogen) atoms. The van der Waals surface area contributed by atoms with E-state index in [0.29, 0.717) is 27.5 Å². The number of hydrogen-bond donors (Lipinski definition) is 1. The van der Waals surface area contributed by atoms with Crippen molar-refractivity contribution in [3.63, 3.8) is 0 Å². The Morgan fingerprint density at radius 3 is 2.50 bits per heavy atom. The standard InChI is InChI=1S/C21H22ClN3O2S/c1-4-16(14-9-11-15(22)12-10-14)19(26)24-25-20(27)17-7-5-6-8-18(17)23-21(25)28-13(2)3/h5-13,16H,4H2,1-3H3,(H,24,26). The smallest absolute Gasteiger partial charge is 0.273 e. The Morgan fingerprint density at radius 2 is 1.86 bits per heavy atom. The first kappa shape index (κ1) is 20.4. The van der Waals surface area contributed by atoms with Gasteiger partial charge in [-0.3, -0.25) is 15.0 Å². The molecule has 0 aliphatic heterocycles. The molecule has 146 valence electrons. The third-order valence-electron chi connectivity index (χ3n) is 4.31. The summed E-state index contributed by atoms with van der Waals surface area (Å²) in [4.78, 5) is 30.6. The fourth-order valence-corrected chi connectivity index (χ4v) is 3.89. The molecule has 0 aliphatic rings. The van der Waals surface area contributed by atoms with Crippen molar-refractivity contribution in [2.75, 3.05) is 5.43 Å². The summed E-state index contributed by atoms with van der Waals surface area (Å²) in [6.45, 7) is 5.96. The molecule has 0 radical (unpaired) electrons. The van der Waals surface area contributed by atoms with Gasteiger partial charge < -0.3 is 0 Å². The number of halogens is 1. The van der Waals surface area contributed by atoms with Crippen molar-refractivity contribution in [1.82, 2.24) is 9.66 Å². The predicted molar refractivity (Wildman–Crippen MR) is 116 cm³/mol. The summed E-state index contributed by atoms with van der Waals surface area (Å²) in [6.07, 6.45) is 0.593. The lowest BCUT2D eigenvalue weighted by Gasteiger charge is -2.19. The van der Waals surface area contributed by atoms with Crippen molar-refractivity contribution in [2.24, 2.45) is 0 Å². The highest BCUT2D eigenvalue weighted by Crippen LogP contribution is 2.24. The minimum absolute atomic E-state index is 0.203. The fourth-order valence-electron chi connectivity index (χ4n) is 2.96. The Bertz CT molecular complexity index is 1050. The summed E-state index contributed by atoms with van der Waals surface area (Å²) in [6, 6.07) is 14.3. The van der Waals surface area contributed by atoms with E-state index < -0.39 is 5.92 Å². The number of carbonyl (C=O) groups excluding carboxylic acids is 1. The van der Waals surface area contributed by atoms with E-state index in [1.165, 1.54) is 16.4 Å². The van der Waals surface area contributed by atoms with Crippen LogP contribution >= 0.6 is 23.4 Å². The molecule has 0 aliphatic carbocycles. The summed E-state index contributed by atoms with van der Waals surface area (Å²) in [7, 11) is 0. The van der Waals surface area contributed by atoms with Crippen LogP contribution in [0.2, 0.25) is 5.02 Å². The number of amides is 1. The molecule has 2 aromatic carbocycles. The van der Waals surface area contributed by atoms with Crippen molar-refractivity contribution in [1.29, 1.82) is 0 Å². The van der Waals surface area contributed by atoms with Gasteiger partial charge in [-0.15, -0.1) is 0 Å². The van der Waals surface area contributed by atoms with E-state index in [1.54, 1.807) is 30.3 Å². The van der Waals surface area contributed by atoms with Gasteiger partial charge in [0.05, 0.1) is 16.8 Å². The normalized spacial score (nSPS) is 12.3. The minimum atomic E-state index is -0.396. The summed E-state index contributed by atoms with van der Waals surface area (Å²) in [5.41, 5.74) is 3.97. The second-order valence-corrected chi connectivity index (χ2v) is 8.69. The van der Waals surface area contributed by atoms with Gasteiger partial charge in [-0.2, -0.15) is 4.68 Å². The molecule has 0 bridgehead atoms. The number of benzene rings is 2. The van der Waals surface area contributed by atoms with Crippen LogP contribution in [0.5, 0.6) is 0 Å². The third-order valence-corrected chi connectivity index (χ3v) is 5.51. The maximum atomic E-state index is 13.0. The minimum Gasteiger partial charge on any atom is -0.273 e. The van der Waals surface area contributed by atoms with Gasteiger partial charge in [0.2, 0.25) is 5.91 Å². The second kappa shape index (κ2) is 8.80. The number of hydrogen-bond acceptors (Lipinski definition) is 4. The van der Waals surface area contributed by atoms with Crippen LogP contribution in [0.25, 0.3) is 10.9 Å². The van der Waals surface area contributed by atoms with Crippen molar-refractivity contribution in [2.45, 2.75) is 43.5 Å². The van der Waals surface area contributed by atoms with Crippen molar-refractivity contribution in [3.8, 4) is 0 Å². The zero-order valence-corrected chi connectivity index (χ0v) is 17.6. The third kappa shape index (κ3) is 4.39. The van der Waals surface area contributed by atoms with Gasteiger partial charge >= 0.3 is 0 Å². The van der Waals surface area contributed by atoms with Gasteiger partial charge in [-0.05, 0) is 36.2 Å². The van der Waals surface area contributed by atoms with Crippen LogP contribution in [0, 0.1) is 0 Å². The van der Waals surface area contributed by atoms with Crippen LogP contribution in [0.15, 0.2) is 58.5 Å². The lowest BCUT2D eigenvalue weighted by molar-refractivity contribution is -0.118. The zero-order chi connectivity index (χ0) is 20.3. The van der Waals surface area contributed by atoms with Crippen LogP contribution in [-0.2, 0) is 4.79 Å². The van der Waals surface area contributed by atoms with Crippen LogP contribution in [0.3, 0.4) is 0 Å². The van der Waals surface area contributed by atoms with Gasteiger partial charge in [0.1, 0.15) is 0 Å². The largest absolute Gasteiger partial charge is 0.281 e. The zero-order valence-electron chi connectivity index (χ0n) is 16.0. The number of carbonyl (C=O) groups is 1. The molecule has 3 rings (SSSR count). The van der Waals surface area contributed by atoms with Crippen molar-refractivity contribution < 1.29 is 4.79 Å². The lowest BCUT2D eigenvalue weighted by atomic mass is 9.96. The highest BCUT2D eigenvalue weighted by Gasteiger charge is 2.22. The van der Waals surface area contributed by atoms with E-state index in [2.05, 4.69) is 10.4 Å². The van der Waals surface area contributed by atoms with E-state index in [4.69, 9.17) is 11.6 Å². The van der Waals surface area contributed by atoms with E-state index in [-0.39, 0.29) is 16.7 Å². The molecular formula is C21H22ClN3O2S. The van der Waals surface area contributed by atoms with Gasteiger partial charge in [0.15, 0.2) is 5.16 Å². The van der Waals surface area contributed by atoms with Crippen LogP contribution in [0.4, 0.5) is 0 Å². The average molecular weight is 416 g/mol. The maximum absolute atomic E-state index is 13.0. The monoisotopic (exact) mass is 415 g/mol. The number of rotatable bonds is 6. The highest BCUT2D eigenvalue weighted by molar-refractivity contribution is 7.99. The molecule has 3 aromatic rings. The van der Waals surface area contributed by atoms with Gasteiger partial charge in [-0.1, -0.05) is 68.4 Å². The number of aromatic nitrogens is 2. The summed E-state index contributed by atoms with van der Waals surface area (Å²) >= 11 is 7.39. The van der Waals surface area contributed by atoms with Crippen molar-refractivity contribution in [3.05, 3.63) is 69.5 Å². The molecule has 0 saturated carbocycles. The first-order valence-electron chi connectivity index (χ1n) is 9.15. The molecule has 0 spiro atoms.